The summed E-state index contributed by atoms with van der Waals surface area (Å²) in [6.45, 7) is 7.32. The van der Waals surface area contributed by atoms with Gasteiger partial charge in [0.15, 0.2) is 11.5 Å². The van der Waals surface area contributed by atoms with Crippen molar-refractivity contribution in [2.75, 3.05) is 6.61 Å². The van der Waals surface area contributed by atoms with Gasteiger partial charge < -0.3 is 15.0 Å². The fourth-order valence-electron chi connectivity index (χ4n) is 2.98. The van der Waals surface area contributed by atoms with E-state index in [4.69, 9.17) is 4.74 Å². The Kier molecular flexibility index (Phi) is 4.75. The maximum atomic E-state index is 12.7. The molecule has 3 aromatic rings. The summed E-state index contributed by atoms with van der Waals surface area (Å²) in [5.74, 6) is -0.129. The van der Waals surface area contributed by atoms with Crippen LogP contribution in [0.15, 0.2) is 24.4 Å². The zero-order chi connectivity index (χ0) is 18.8. The first-order valence-corrected chi connectivity index (χ1v) is 8.40. The van der Waals surface area contributed by atoms with Crippen molar-refractivity contribution in [2.45, 2.75) is 33.7 Å². The Morgan fingerprint density at radius 1 is 1.31 bits per heavy atom. The zero-order valence-electron chi connectivity index (χ0n) is 15.2. The SMILES string of the molecule is CCOC(=O)c1c(C)[nH]c(C(=O)NC(C)c2nnc3ccccn23)c1C. The normalized spacial score (nSPS) is 12.2. The van der Waals surface area contributed by atoms with Crippen LogP contribution in [0, 0.1) is 13.8 Å². The lowest BCUT2D eigenvalue weighted by Crippen LogP contribution is -2.28. The number of rotatable bonds is 5. The van der Waals surface area contributed by atoms with Gasteiger partial charge in [-0.1, -0.05) is 6.07 Å². The van der Waals surface area contributed by atoms with Crippen LogP contribution in [0.3, 0.4) is 0 Å². The van der Waals surface area contributed by atoms with Gasteiger partial charge in [0.25, 0.3) is 5.91 Å². The van der Waals surface area contributed by atoms with Crippen molar-refractivity contribution in [3.63, 3.8) is 0 Å². The molecule has 8 heteroatoms. The van der Waals surface area contributed by atoms with Crippen molar-refractivity contribution in [2.24, 2.45) is 0 Å². The van der Waals surface area contributed by atoms with Crippen LogP contribution in [0.2, 0.25) is 0 Å². The number of fused-ring (bicyclic) bond motifs is 1. The number of amides is 1. The Balaban J connectivity index is 1.84. The third-order valence-electron chi connectivity index (χ3n) is 4.22. The summed E-state index contributed by atoms with van der Waals surface area (Å²) in [4.78, 5) is 27.8. The van der Waals surface area contributed by atoms with E-state index in [1.807, 2.05) is 35.7 Å². The van der Waals surface area contributed by atoms with Gasteiger partial charge in [-0.2, -0.15) is 0 Å². The van der Waals surface area contributed by atoms with E-state index in [1.165, 1.54) is 0 Å². The van der Waals surface area contributed by atoms with E-state index in [9.17, 15) is 9.59 Å². The summed E-state index contributed by atoms with van der Waals surface area (Å²) in [6, 6.07) is 5.22. The quantitative estimate of drug-likeness (QED) is 0.684. The molecular weight excluding hydrogens is 334 g/mol. The molecule has 0 bridgehead atoms. The van der Waals surface area contributed by atoms with Crippen LogP contribution in [-0.4, -0.2) is 38.1 Å². The lowest BCUT2D eigenvalue weighted by molar-refractivity contribution is 0.0525. The van der Waals surface area contributed by atoms with E-state index in [-0.39, 0.29) is 18.6 Å². The lowest BCUT2D eigenvalue weighted by atomic mass is 10.1. The van der Waals surface area contributed by atoms with Gasteiger partial charge in [-0.25, -0.2) is 4.79 Å². The third kappa shape index (κ3) is 3.05. The van der Waals surface area contributed by atoms with Crippen molar-refractivity contribution in [3.05, 3.63) is 52.7 Å². The first-order valence-electron chi connectivity index (χ1n) is 8.40. The van der Waals surface area contributed by atoms with Crippen LogP contribution < -0.4 is 5.32 Å². The van der Waals surface area contributed by atoms with Crippen LogP contribution in [-0.2, 0) is 4.74 Å². The number of ether oxygens (including phenoxy) is 1. The van der Waals surface area contributed by atoms with Crippen LogP contribution in [0.25, 0.3) is 5.65 Å². The highest BCUT2D eigenvalue weighted by Crippen LogP contribution is 2.20. The van der Waals surface area contributed by atoms with Crippen molar-refractivity contribution in [1.29, 1.82) is 0 Å². The maximum absolute atomic E-state index is 12.7. The van der Waals surface area contributed by atoms with Crippen LogP contribution in [0.5, 0.6) is 0 Å². The van der Waals surface area contributed by atoms with Crippen LogP contribution >= 0.6 is 0 Å². The molecule has 0 fully saturated rings. The maximum Gasteiger partial charge on any atom is 0.340 e. The second-order valence-electron chi connectivity index (χ2n) is 6.03. The summed E-state index contributed by atoms with van der Waals surface area (Å²) in [6.07, 6.45) is 1.84. The van der Waals surface area contributed by atoms with Crippen molar-refractivity contribution < 1.29 is 14.3 Å². The molecule has 0 aliphatic rings. The lowest BCUT2D eigenvalue weighted by Gasteiger charge is -2.12. The molecule has 1 atom stereocenters. The van der Waals surface area contributed by atoms with E-state index in [0.717, 1.165) is 0 Å². The number of aromatic amines is 1. The molecule has 0 aliphatic heterocycles. The Morgan fingerprint density at radius 2 is 2.08 bits per heavy atom. The standard InChI is InChI=1S/C18H21N5O3/c1-5-26-18(25)14-10(2)15(19-11(14)3)17(24)20-12(4)16-22-21-13-8-6-7-9-23(13)16/h6-9,12,19H,5H2,1-4H3,(H,20,24). The Bertz CT molecular complexity index is 973. The van der Waals surface area contributed by atoms with Gasteiger partial charge in [0.1, 0.15) is 5.69 Å². The molecule has 3 heterocycles. The monoisotopic (exact) mass is 355 g/mol. The summed E-state index contributed by atoms with van der Waals surface area (Å²) >= 11 is 0. The number of hydrogen-bond donors (Lipinski definition) is 2. The van der Waals surface area contributed by atoms with Gasteiger partial charge in [-0.3, -0.25) is 9.20 Å². The topological polar surface area (TPSA) is 101 Å². The van der Waals surface area contributed by atoms with E-state index < -0.39 is 5.97 Å². The third-order valence-corrected chi connectivity index (χ3v) is 4.22. The van der Waals surface area contributed by atoms with Crippen LogP contribution in [0.4, 0.5) is 0 Å². The molecule has 26 heavy (non-hydrogen) atoms. The molecule has 1 unspecified atom stereocenters. The molecule has 0 aliphatic carbocycles. The second-order valence-corrected chi connectivity index (χ2v) is 6.03. The average molecular weight is 355 g/mol. The van der Waals surface area contributed by atoms with Crippen molar-refractivity contribution in [1.82, 2.24) is 24.9 Å². The minimum absolute atomic E-state index is 0.279. The van der Waals surface area contributed by atoms with Gasteiger partial charge in [0.2, 0.25) is 0 Å². The number of carbonyl (C=O) groups is 2. The number of pyridine rings is 1. The van der Waals surface area contributed by atoms with Gasteiger partial charge in [0, 0.05) is 11.9 Å². The predicted octanol–water partition coefficient (Wildman–Crippen LogP) is 2.34. The van der Waals surface area contributed by atoms with Crippen molar-refractivity contribution >= 4 is 17.5 Å². The van der Waals surface area contributed by atoms with Crippen molar-refractivity contribution in [3.8, 4) is 0 Å². The van der Waals surface area contributed by atoms with E-state index in [1.54, 1.807) is 20.8 Å². The summed E-state index contributed by atoms with van der Waals surface area (Å²) in [5.41, 5.74) is 2.62. The van der Waals surface area contributed by atoms with Gasteiger partial charge in [-0.15, -0.1) is 10.2 Å². The van der Waals surface area contributed by atoms with E-state index in [0.29, 0.717) is 34.0 Å². The second kappa shape index (κ2) is 6.99. The Morgan fingerprint density at radius 3 is 2.81 bits per heavy atom. The molecule has 0 saturated heterocycles. The first-order chi connectivity index (χ1) is 12.4. The molecule has 136 valence electrons. The molecule has 3 aromatic heterocycles. The highest BCUT2D eigenvalue weighted by molar-refractivity contribution is 6.00. The fraction of sp³-hybridized carbons (Fsp3) is 0.333. The number of aryl methyl sites for hydroxylation is 1. The van der Waals surface area contributed by atoms with Crippen LogP contribution in [0.1, 0.15) is 57.8 Å². The predicted molar refractivity (Wildman–Crippen MR) is 95.1 cm³/mol. The zero-order valence-corrected chi connectivity index (χ0v) is 15.2. The molecule has 8 nitrogen and oxygen atoms in total. The molecular formula is C18H21N5O3. The largest absolute Gasteiger partial charge is 0.462 e. The summed E-state index contributed by atoms with van der Waals surface area (Å²) in [7, 11) is 0. The summed E-state index contributed by atoms with van der Waals surface area (Å²) in [5, 5.41) is 11.1. The fourth-order valence-corrected chi connectivity index (χ4v) is 2.98. The number of carbonyl (C=O) groups excluding carboxylic acids is 2. The van der Waals surface area contributed by atoms with Gasteiger partial charge in [-0.05, 0) is 45.4 Å². The number of nitrogens with one attached hydrogen (secondary N) is 2. The number of hydrogen-bond acceptors (Lipinski definition) is 5. The minimum Gasteiger partial charge on any atom is -0.462 e. The van der Waals surface area contributed by atoms with E-state index in [2.05, 4.69) is 20.5 Å². The smallest absolute Gasteiger partial charge is 0.340 e. The highest BCUT2D eigenvalue weighted by atomic mass is 16.5. The Hall–Kier alpha value is -3.16. The highest BCUT2D eigenvalue weighted by Gasteiger charge is 2.24. The molecule has 0 radical (unpaired) electrons. The first kappa shape index (κ1) is 17.7. The molecule has 1 amide bonds. The Labute approximate surface area is 150 Å². The molecule has 2 N–H and O–H groups in total. The number of H-pyrrole nitrogens is 1. The van der Waals surface area contributed by atoms with Gasteiger partial charge in [0.05, 0.1) is 18.2 Å². The average Bonchev–Trinajstić information content (AvgIpc) is 3.16. The number of aromatic nitrogens is 4. The molecule has 0 spiro atoms. The van der Waals surface area contributed by atoms with Gasteiger partial charge >= 0.3 is 5.97 Å². The molecule has 0 saturated carbocycles. The molecule has 3 rings (SSSR count). The minimum atomic E-state index is -0.436. The molecule has 0 aromatic carbocycles. The number of nitrogens with zero attached hydrogens (tertiary/aromatic N) is 3. The van der Waals surface area contributed by atoms with E-state index >= 15 is 0 Å². The number of esters is 1. The summed E-state index contributed by atoms with van der Waals surface area (Å²) < 4.78 is 6.88.